The number of rotatable bonds is 5. The van der Waals surface area contributed by atoms with Gasteiger partial charge in [-0.05, 0) is 25.4 Å². The van der Waals surface area contributed by atoms with Crippen molar-refractivity contribution >= 4 is 35.0 Å². The third kappa shape index (κ3) is 5.19. The number of nitrogens with one attached hydrogen (secondary N) is 2. The third-order valence-corrected chi connectivity index (χ3v) is 2.68. The zero-order chi connectivity index (χ0) is 12.6. The molecule has 0 aromatic rings. The van der Waals surface area contributed by atoms with E-state index in [1.807, 2.05) is 13.2 Å². The first kappa shape index (κ1) is 15.0. The summed E-state index contributed by atoms with van der Waals surface area (Å²) < 4.78 is 0. The van der Waals surface area contributed by atoms with E-state index in [9.17, 15) is 4.79 Å². The fourth-order valence-corrected chi connectivity index (χ4v) is 1.84. The minimum Gasteiger partial charge on any atom is -0.363 e. The summed E-state index contributed by atoms with van der Waals surface area (Å²) in [6.45, 7) is 2.61. The summed E-state index contributed by atoms with van der Waals surface area (Å²) in [5, 5.41) is 14.9. The molecular formula is C9H16N4OS2. The average molecular weight is 260 g/mol. The van der Waals surface area contributed by atoms with Gasteiger partial charge in [-0.25, -0.2) is 0 Å². The fraction of sp³-hybridized carbons (Fsp3) is 0.667. The van der Waals surface area contributed by atoms with Gasteiger partial charge in [0.2, 0.25) is 0 Å². The summed E-state index contributed by atoms with van der Waals surface area (Å²) in [5.74, 6) is 0.285. The second-order valence-electron chi connectivity index (χ2n) is 3.01. The molecule has 0 rings (SSSR count). The molecule has 7 heteroatoms. The van der Waals surface area contributed by atoms with Crippen molar-refractivity contribution in [1.29, 1.82) is 5.26 Å². The first-order valence-corrected chi connectivity index (χ1v) is 6.57. The van der Waals surface area contributed by atoms with E-state index in [1.165, 1.54) is 18.8 Å². The number of nitriles is 1. The van der Waals surface area contributed by atoms with Gasteiger partial charge in [0.15, 0.2) is 11.3 Å². The van der Waals surface area contributed by atoms with Crippen molar-refractivity contribution in [2.45, 2.75) is 13.0 Å². The van der Waals surface area contributed by atoms with Crippen LogP contribution in [0.4, 0.5) is 0 Å². The van der Waals surface area contributed by atoms with Gasteiger partial charge in [-0.1, -0.05) is 0 Å². The average Bonchev–Trinajstić information content (AvgIpc) is 2.26. The predicted molar refractivity (Wildman–Crippen MR) is 70.0 cm³/mol. The SMILES string of the molecule is CCNC(=S)NC(CSC)C(=O)N(C)C#N. The summed E-state index contributed by atoms with van der Waals surface area (Å²) in [5.41, 5.74) is 0. The highest BCUT2D eigenvalue weighted by Gasteiger charge is 2.22. The summed E-state index contributed by atoms with van der Waals surface area (Å²) in [4.78, 5) is 12.7. The molecule has 0 aromatic carbocycles. The Morgan fingerprint density at radius 1 is 1.69 bits per heavy atom. The van der Waals surface area contributed by atoms with Crippen LogP contribution in [0, 0.1) is 11.5 Å². The summed E-state index contributed by atoms with van der Waals surface area (Å²) in [6, 6.07) is -0.466. The summed E-state index contributed by atoms with van der Waals surface area (Å²) in [7, 11) is 1.44. The molecule has 0 heterocycles. The number of thiocarbonyl (C=S) groups is 1. The first-order valence-electron chi connectivity index (χ1n) is 4.77. The normalized spacial score (nSPS) is 11.1. The van der Waals surface area contributed by atoms with Gasteiger partial charge in [0.1, 0.15) is 6.04 Å². The molecule has 0 aliphatic heterocycles. The maximum absolute atomic E-state index is 11.7. The van der Waals surface area contributed by atoms with Crippen LogP contribution >= 0.6 is 24.0 Å². The van der Waals surface area contributed by atoms with Crippen LogP contribution in [0.3, 0.4) is 0 Å². The molecule has 5 nitrogen and oxygen atoms in total. The van der Waals surface area contributed by atoms with Crippen molar-refractivity contribution in [3.63, 3.8) is 0 Å². The van der Waals surface area contributed by atoms with Crippen LogP contribution < -0.4 is 10.6 Å². The number of hydrogen-bond donors (Lipinski definition) is 2. The van der Waals surface area contributed by atoms with Crippen molar-refractivity contribution in [1.82, 2.24) is 15.5 Å². The van der Waals surface area contributed by atoms with Crippen molar-refractivity contribution in [3.05, 3.63) is 0 Å². The number of nitrogens with zero attached hydrogens (tertiary/aromatic N) is 2. The van der Waals surface area contributed by atoms with Crippen LogP contribution in [0.1, 0.15) is 6.92 Å². The van der Waals surface area contributed by atoms with Crippen molar-refractivity contribution < 1.29 is 4.79 Å². The molecular weight excluding hydrogens is 244 g/mol. The fourth-order valence-electron chi connectivity index (χ4n) is 0.994. The van der Waals surface area contributed by atoms with E-state index in [0.717, 1.165) is 4.90 Å². The smallest absolute Gasteiger partial charge is 0.258 e. The molecule has 0 saturated heterocycles. The van der Waals surface area contributed by atoms with Gasteiger partial charge < -0.3 is 10.6 Å². The van der Waals surface area contributed by atoms with Gasteiger partial charge in [0, 0.05) is 19.3 Å². The number of hydrogen-bond acceptors (Lipinski definition) is 4. The minimum absolute atomic E-state index is 0.280. The lowest BCUT2D eigenvalue weighted by Crippen LogP contribution is -2.50. The second kappa shape index (κ2) is 8.19. The van der Waals surface area contributed by atoms with Crippen molar-refractivity contribution in [2.24, 2.45) is 0 Å². The molecule has 0 aromatic heterocycles. The number of amides is 1. The van der Waals surface area contributed by atoms with Crippen LogP contribution in [0.2, 0.25) is 0 Å². The highest BCUT2D eigenvalue weighted by atomic mass is 32.2. The molecule has 0 radical (unpaired) electrons. The predicted octanol–water partition coefficient (Wildman–Crippen LogP) is 0.141. The van der Waals surface area contributed by atoms with Gasteiger partial charge in [-0.2, -0.15) is 17.0 Å². The van der Waals surface area contributed by atoms with Gasteiger partial charge in [0.05, 0.1) is 0 Å². The highest BCUT2D eigenvalue weighted by Crippen LogP contribution is 2.00. The number of thioether (sulfide) groups is 1. The quantitative estimate of drug-likeness (QED) is 0.416. The minimum atomic E-state index is -0.466. The Morgan fingerprint density at radius 2 is 2.31 bits per heavy atom. The zero-order valence-electron chi connectivity index (χ0n) is 9.61. The Labute approximate surface area is 106 Å². The van der Waals surface area contributed by atoms with E-state index in [4.69, 9.17) is 17.5 Å². The number of carbonyl (C=O) groups excluding carboxylic acids is 1. The molecule has 1 amide bonds. The largest absolute Gasteiger partial charge is 0.363 e. The van der Waals surface area contributed by atoms with Crippen LogP contribution in [0.5, 0.6) is 0 Å². The highest BCUT2D eigenvalue weighted by molar-refractivity contribution is 7.98. The Balaban J connectivity index is 4.43. The standard InChI is InChI=1S/C9H16N4OS2/c1-4-11-9(15)12-7(5-16-3)8(14)13(2)6-10/h7H,4-5H2,1-3H3,(H2,11,12,15). The van der Waals surface area contributed by atoms with Gasteiger partial charge in [0.25, 0.3) is 5.91 Å². The van der Waals surface area contributed by atoms with E-state index in [1.54, 1.807) is 6.19 Å². The Morgan fingerprint density at radius 3 is 2.75 bits per heavy atom. The molecule has 0 bridgehead atoms. The summed E-state index contributed by atoms with van der Waals surface area (Å²) >= 11 is 6.52. The summed E-state index contributed by atoms with van der Waals surface area (Å²) in [6.07, 6.45) is 3.67. The van der Waals surface area contributed by atoms with Crippen LogP contribution in [0.15, 0.2) is 0 Å². The number of carbonyl (C=O) groups is 1. The lowest BCUT2D eigenvalue weighted by atomic mass is 10.3. The second-order valence-corrected chi connectivity index (χ2v) is 4.33. The van der Waals surface area contributed by atoms with Gasteiger partial charge in [-0.15, -0.1) is 0 Å². The van der Waals surface area contributed by atoms with Crippen LogP contribution in [-0.2, 0) is 4.79 Å². The van der Waals surface area contributed by atoms with E-state index in [2.05, 4.69) is 10.6 Å². The molecule has 90 valence electrons. The van der Waals surface area contributed by atoms with E-state index < -0.39 is 6.04 Å². The first-order chi connectivity index (χ1) is 7.56. The Kier molecular flexibility index (Phi) is 7.68. The Hall–Kier alpha value is -1.00. The lowest BCUT2D eigenvalue weighted by Gasteiger charge is -2.20. The van der Waals surface area contributed by atoms with Gasteiger partial charge in [-0.3, -0.25) is 9.69 Å². The molecule has 1 atom stereocenters. The Bertz CT molecular complexity index is 290. The van der Waals surface area contributed by atoms with Crippen LogP contribution in [-0.4, -0.2) is 47.6 Å². The molecule has 2 N–H and O–H groups in total. The molecule has 0 fully saturated rings. The van der Waals surface area contributed by atoms with Crippen molar-refractivity contribution in [3.8, 4) is 6.19 Å². The molecule has 0 aliphatic rings. The van der Waals surface area contributed by atoms with E-state index in [0.29, 0.717) is 17.4 Å². The molecule has 16 heavy (non-hydrogen) atoms. The molecule has 0 saturated carbocycles. The monoisotopic (exact) mass is 260 g/mol. The van der Waals surface area contributed by atoms with E-state index >= 15 is 0 Å². The van der Waals surface area contributed by atoms with Gasteiger partial charge >= 0.3 is 0 Å². The maximum atomic E-state index is 11.7. The third-order valence-electron chi connectivity index (χ3n) is 1.75. The molecule has 1 unspecified atom stereocenters. The lowest BCUT2D eigenvalue weighted by molar-refractivity contribution is -0.128. The number of likely N-dealkylation sites (N-methyl/N-ethyl adjacent to an activating group) is 1. The van der Waals surface area contributed by atoms with Crippen LogP contribution in [0.25, 0.3) is 0 Å². The van der Waals surface area contributed by atoms with Crippen molar-refractivity contribution in [2.75, 3.05) is 25.6 Å². The van der Waals surface area contributed by atoms with E-state index in [-0.39, 0.29) is 5.91 Å². The molecule has 0 aliphatic carbocycles. The molecule has 0 spiro atoms. The maximum Gasteiger partial charge on any atom is 0.258 e. The zero-order valence-corrected chi connectivity index (χ0v) is 11.2. The topological polar surface area (TPSA) is 68.2 Å².